The van der Waals surface area contributed by atoms with Crippen molar-refractivity contribution in [1.82, 2.24) is 0 Å². The van der Waals surface area contributed by atoms with Gasteiger partial charge in [0.15, 0.2) is 5.78 Å². The Kier molecular flexibility index (Phi) is 10.9. The lowest BCUT2D eigenvalue weighted by Gasteiger charge is -2.58. The number of Topliss-reactive ketones (excluding diaryl/α,β-unsaturated/α-hetero) is 1. The van der Waals surface area contributed by atoms with Crippen LogP contribution in [0.1, 0.15) is 130 Å². The van der Waals surface area contributed by atoms with E-state index in [4.69, 9.17) is 14.2 Å². The van der Waals surface area contributed by atoms with Crippen LogP contribution in [0, 0.1) is 10.8 Å². The van der Waals surface area contributed by atoms with Gasteiger partial charge in [0.25, 0.3) is 0 Å². The molecule has 2 saturated heterocycles. The number of hydrogen-bond donors (Lipinski definition) is 2. The third kappa shape index (κ3) is 5.95. The van der Waals surface area contributed by atoms with Crippen molar-refractivity contribution >= 4 is 11.8 Å². The van der Waals surface area contributed by atoms with Gasteiger partial charge in [-0.05, 0) is 31.4 Å². The summed E-state index contributed by atoms with van der Waals surface area (Å²) in [5.41, 5.74) is -2.33. The van der Waals surface area contributed by atoms with Crippen molar-refractivity contribution in [3.8, 4) is 0 Å². The Morgan fingerprint density at radius 1 is 0.975 bits per heavy atom. The summed E-state index contributed by atoms with van der Waals surface area (Å²) in [7, 11) is 0. The van der Waals surface area contributed by atoms with Crippen LogP contribution in [0.15, 0.2) is 11.6 Å². The Labute approximate surface area is 241 Å². The Balaban J connectivity index is 1.14. The summed E-state index contributed by atoms with van der Waals surface area (Å²) < 4.78 is 18.3. The van der Waals surface area contributed by atoms with Crippen LogP contribution in [-0.2, 0) is 23.8 Å². The van der Waals surface area contributed by atoms with Gasteiger partial charge in [-0.2, -0.15) is 0 Å². The van der Waals surface area contributed by atoms with E-state index >= 15 is 0 Å². The quantitative estimate of drug-likeness (QED) is 0.120. The number of carbonyl (C=O) groups excluding carboxylic acids is 2. The highest BCUT2D eigenvalue weighted by molar-refractivity contribution is 6.00. The molecule has 0 aromatic carbocycles. The largest absolute Gasteiger partial charge is 0.459 e. The molecule has 2 N–H and O–H groups in total. The maximum Gasteiger partial charge on any atom is 0.306 e. The van der Waals surface area contributed by atoms with Gasteiger partial charge in [-0.25, -0.2) is 0 Å². The summed E-state index contributed by atoms with van der Waals surface area (Å²) in [5.74, 6) is -0.627. The van der Waals surface area contributed by atoms with Crippen LogP contribution >= 0.6 is 0 Å². The minimum absolute atomic E-state index is 0.236. The monoisotopic (exact) mass is 562 g/mol. The van der Waals surface area contributed by atoms with Crippen LogP contribution in [0.4, 0.5) is 0 Å². The Morgan fingerprint density at radius 2 is 1.50 bits per heavy atom. The predicted molar refractivity (Wildman–Crippen MR) is 154 cm³/mol. The van der Waals surface area contributed by atoms with E-state index in [1.54, 1.807) is 13.0 Å². The molecule has 0 aromatic rings. The van der Waals surface area contributed by atoms with Gasteiger partial charge in [0.1, 0.15) is 23.9 Å². The summed E-state index contributed by atoms with van der Waals surface area (Å²) in [6, 6.07) is 0. The minimum atomic E-state index is -1.39. The summed E-state index contributed by atoms with van der Waals surface area (Å²) in [6.45, 7) is 5.86. The fraction of sp³-hybridized carbons (Fsp3) is 0.879. The number of rotatable bonds is 18. The highest BCUT2D eigenvalue weighted by Crippen LogP contribution is 2.71. The number of ketones is 1. The standard InChI is InChI=1S/C33H54O7/c1-4-5-6-7-8-9-10-11-12-13-14-15-16-17-18-19-27(35)39-25-21-31(3)32(22-34)26(20-24(2)28(36)29(32)37)40-30(25)33(31)23-38-33/h20,25-26,29-30,34,37H,4-19,21-23H2,1-3H3/t25-,26+,29+,30+,31+,32+,33?/m1/s1. The van der Waals surface area contributed by atoms with E-state index in [0.29, 0.717) is 25.0 Å². The number of fused-ring (bicyclic) bond motifs is 2. The molecule has 7 heteroatoms. The molecule has 2 bridgehead atoms. The van der Waals surface area contributed by atoms with Crippen LogP contribution < -0.4 is 0 Å². The van der Waals surface area contributed by atoms with Crippen LogP contribution in [-0.4, -0.2) is 65.2 Å². The molecule has 2 aliphatic carbocycles. The van der Waals surface area contributed by atoms with Crippen molar-refractivity contribution in [2.75, 3.05) is 13.2 Å². The molecule has 228 valence electrons. The fourth-order valence-electron chi connectivity index (χ4n) is 7.96. The lowest BCUT2D eigenvalue weighted by molar-refractivity contribution is -0.245. The number of unbranched alkanes of at least 4 members (excludes halogenated alkanes) is 14. The van der Waals surface area contributed by atoms with E-state index in [1.807, 2.05) is 6.92 Å². The lowest BCUT2D eigenvalue weighted by atomic mass is 9.50. The topological polar surface area (TPSA) is 106 Å². The molecule has 40 heavy (non-hydrogen) atoms. The normalized spacial score (nSPS) is 36.0. The maximum absolute atomic E-state index is 12.8. The van der Waals surface area contributed by atoms with Crippen LogP contribution in [0.3, 0.4) is 0 Å². The van der Waals surface area contributed by atoms with E-state index in [0.717, 1.165) is 19.3 Å². The van der Waals surface area contributed by atoms with Crippen molar-refractivity contribution < 1.29 is 34.0 Å². The molecule has 2 aliphatic heterocycles. The number of hydrogen-bond acceptors (Lipinski definition) is 7. The first-order valence-corrected chi connectivity index (χ1v) is 16.3. The van der Waals surface area contributed by atoms with E-state index in [9.17, 15) is 19.8 Å². The SMILES string of the molecule is CCCCCCCCCCCCCCCCCC(=O)O[C@@H]1C[C@]2(C)C3(CO3)[C@H]1O[C@H]1C=C(C)C(=O)[C@H](O)[C@]12CO. The zero-order valence-electron chi connectivity index (χ0n) is 25.3. The maximum atomic E-state index is 12.8. The van der Waals surface area contributed by atoms with E-state index in [1.165, 1.54) is 77.0 Å². The van der Waals surface area contributed by atoms with Gasteiger partial charge in [-0.1, -0.05) is 104 Å². The molecular weight excluding hydrogens is 508 g/mol. The highest BCUT2D eigenvalue weighted by Gasteiger charge is 2.83. The Hall–Kier alpha value is -1.28. The molecule has 4 aliphatic rings. The number of aliphatic hydroxyl groups is 2. The van der Waals surface area contributed by atoms with E-state index < -0.39 is 53.2 Å². The van der Waals surface area contributed by atoms with Crippen molar-refractivity contribution in [2.45, 2.75) is 160 Å². The molecule has 7 nitrogen and oxygen atoms in total. The van der Waals surface area contributed by atoms with Gasteiger partial charge in [0.05, 0.1) is 24.7 Å². The first-order valence-electron chi connectivity index (χ1n) is 16.3. The molecule has 0 radical (unpaired) electrons. The molecule has 0 aromatic heterocycles. The van der Waals surface area contributed by atoms with Crippen LogP contribution in [0.5, 0.6) is 0 Å². The van der Waals surface area contributed by atoms with E-state index in [2.05, 4.69) is 6.92 Å². The average Bonchev–Trinajstić information content (AvgIpc) is 3.71. The average molecular weight is 563 g/mol. The molecule has 4 rings (SSSR count). The second kappa shape index (κ2) is 13.8. The van der Waals surface area contributed by atoms with Crippen molar-refractivity contribution in [3.63, 3.8) is 0 Å². The molecule has 7 atom stereocenters. The second-order valence-electron chi connectivity index (χ2n) is 13.2. The van der Waals surface area contributed by atoms with Gasteiger partial charge in [-0.3, -0.25) is 9.59 Å². The molecule has 1 unspecified atom stereocenters. The van der Waals surface area contributed by atoms with Gasteiger partial charge < -0.3 is 24.4 Å². The summed E-state index contributed by atoms with van der Waals surface area (Å²) >= 11 is 0. The summed E-state index contributed by atoms with van der Waals surface area (Å²) in [4.78, 5) is 25.6. The fourth-order valence-corrected chi connectivity index (χ4v) is 7.96. The number of carbonyl (C=O) groups is 2. The van der Waals surface area contributed by atoms with Crippen molar-refractivity contribution in [2.24, 2.45) is 10.8 Å². The molecule has 1 saturated carbocycles. The zero-order valence-corrected chi connectivity index (χ0v) is 25.3. The smallest absolute Gasteiger partial charge is 0.306 e. The summed E-state index contributed by atoms with van der Waals surface area (Å²) in [6.07, 6.45) is 18.6. The molecule has 3 fully saturated rings. The van der Waals surface area contributed by atoms with Crippen LogP contribution in [0.2, 0.25) is 0 Å². The number of ether oxygens (including phenoxy) is 3. The molecule has 0 amide bonds. The molecule has 2 heterocycles. The van der Waals surface area contributed by atoms with Crippen LogP contribution in [0.25, 0.3) is 0 Å². The van der Waals surface area contributed by atoms with Crippen molar-refractivity contribution in [3.05, 3.63) is 11.6 Å². The first-order chi connectivity index (χ1) is 19.3. The summed E-state index contributed by atoms with van der Waals surface area (Å²) in [5, 5.41) is 21.7. The van der Waals surface area contributed by atoms with Gasteiger partial charge in [-0.15, -0.1) is 0 Å². The Morgan fingerprint density at radius 3 is 2.00 bits per heavy atom. The predicted octanol–water partition coefficient (Wildman–Crippen LogP) is 5.97. The second-order valence-corrected chi connectivity index (χ2v) is 13.2. The third-order valence-electron chi connectivity index (χ3n) is 10.7. The lowest BCUT2D eigenvalue weighted by Crippen LogP contribution is -2.70. The third-order valence-corrected chi connectivity index (χ3v) is 10.7. The van der Waals surface area contributed by atoms with Gasteiger partial charge in [0.2, 0.25) is 0 Å². The Bertz CT molecular complexity index is 895. The number of esters is 1. The number of aliphatic hydroxyl groups excluding tert-OH is 2. The molecular formula is C33H54O7. The zero-order chi connectivity index (χ0) is 28.8. The van der Waals surface area contributed by atoms with Crippen molar-refractivity contribution in [1.29, 1.82) is 0 Å². The first kappa shape index (κ1) is 31.7. The van der Waals surface area contributed by atoms with Gasteiger partial charge in [0, 0.05) is 11.8 Å². The highest BCUT2D eigenvalue weighted by atomic mass is 16.7. The minimum Gasteiger partial charge on any atom is -0.459 e. The molecule has 1 spiro atoms. The van der Waals surface area contributed by atoms with E-state index in [-0.39, 0.29) is 5.97 Å². The number of epoxide rings is 1. The van der Waals surface area contributed by atoms with Gasteiger partial charge >= 0.3 is 5.97 Å².